The Hall–Kier alpha value is -2.37. The first kappa shape index (κ1) is 20.9. The number of para-hydroxylation sites is 1. The van der Waals surface area contributed by atoms with Gasteiger partial charge in [-0.3, -0.25) is 9.59 Å². The van der Waals surface area contributed by atoms with Gasteiger partial charge >= 0.3 is 0 Å². The average Bonchev–Trinajstić information content (AvgIpc) is 3.06. The third-order valence-electron chi connectivity index (χ3n) is 4.61. The van der Waals surface area contributed by atoms with Gasteiger partial charge in [0.15, 0.2) is 0 Å². The third kappa shape index (κ3) is 5.55. The van der Waals surface area contributed by atoms with Gasteiger partial charge in [0.1, 0.15) is 0 Å². The van der Waals surface area contributed by atoms with E-state index in [0.717, 1.165) is 29.9 Å². The number of benzene rings is 2. The summed E-state index contributed by atoms with van der Waals surface area (Å²) < 4.78 is 0. The number of hydrogen-bond acceptors (Lipinski definition) is 3. The molecule has 1 aliphatic heterocycles. The summed E-state index contributed by atoms with van der Waals surface area (Å²) in [4.78, 5) is 26.3. The first-order chi connectivity index (χ1) is 12.5. The Morgan fingerprint density at radius 2 is 1.85 bits per heavy atom. The van der Waals surface area contributed by atoms with Crippen LogP contribution >= 0.6 is 12.4 Å². The molecule has 144 valence electrons. The van der Waals surface area contributed by atoms with Crippen LogP contribution in [-0.4, -0.2) is 24.4 Å². The van der Waals surface area contributed by atoms with Crippen LogP contribution in [-0.2, 0) is 22.4 Å². The highest BCUT2D eigenvalue weighted by Gasteiger charge is 2.23. The third-order valence-corrected chi connectivity index (χ3v) is 4.61. The second-order valence-corrected chi connectivity index (χ2v) is 6.86. The van der Waals surface area contributed by atoms with Gasteiger partial charge in [0.2, 0.25) is 11.8 Å². The largest absolute Gasteiger partial charge is 0.328 e. The van der Waals surface area contributed by atoms with Gasteiger partial charge in [0.25, 0.3) is 0 Å². The first-order valence-corrected chi connectivity index (χ1v) is 9.05. The fourth-order valence-electron chi connectivity index (χ4n) is 3.16. The number of nitrogens with zero attached hydrogens (tertiary/aromatic N) is 1. The van der Waals surface area contributed by atoms with Crippen molar-refractivity contribution in [1.29, 1.82) is 0 Å². The minimum atomic E-state index is -0.0419. The van der Waals surface area contributed by atoms with Crippen molar-refractivity contribution in [1.82, 2.24) is 0 Å². The number of carbonyl (C=O) groups is 2. The molecule has 1 aliphatic rings. The zero-order valence-corrected chi connectivity index (χ0v) is 16.3. The Morgan fingerprint density at radius 1 is 1.15 bits per heavy atom. The van der Waals surface area contributed by atoms with Gasteiger partial charge in [0, 0.05) is 30.4 Å². The fraction of sp³-hybridized carbons (Fsp3) is 0.333. The van der Waals surface area contributed by atoms with E-state index in [-0.39, 0.29) is 30.3 Å². The molecule has 0 bridgehead atoms. The average molecular weight is 388 g/mol. The topological polar surface area (TPSA) is 75.4 Å². The lowest BCUT2D eigenvalue weighted by atomic mass is 10.1. The number of fused-ring (bicyclic) bond motifs is 1. The summed E-state index contributed by atoms with van der Waals surface area (Å²) in [6.45, 7) is 2.63. The second kappa shape index (κ2) is 9.53. The standard InChI is InChI=1S/C21H25N3O2.ClH/c1-15(22)6-11-20(25)23-18-9-7-16(8-10-18)14-21(26)24-13-12-17-4-2-3-5-19(17)24;/h2-5,7-10,15H,6,11-14,22H2,1H3,(H,23,25);1H. The number of carbonyl (C=O) groups excluding carboxylic acids is 2. The molecule has 1 heterocycles. The lowest BCUT2D eigenvalue weighted by Gasteiger charge is -2.17. The molecule has 3 N–H and O–H groups in total. The molecule has 0 spiro atoms. The van der Waals surface area contributed by atoms with Crippen molar-refractivity contribution < 1.29 is 9.59 Å². The van der Waals surface area contributed by atoms with Crippen LogP contribution in [0.25, 0.3) is 0 Å². The predicted octanol–water partition coefficient (Wildman–Crippen LogP) is 3.31. The highest BCUT2D eigenvalue weighted by molar-refractivity contribution is 5.97. The van der Waals surface area contributed by atoms with Crippen molar-refractivity contribution in [2.75, 3.05) is 16.8 Å². The zero-order valence-electron chi connectivity index (χ0n) is 15.5. The van der Waals surface area contributed by atoms with Gasteiger partial charge < -0.3 is 16.0 Å². The molecule has 0 fully saturated rings. The predicted molar refractivity (Wildman–Crippen MR) is 111 cm³/mol. The molecule has 1 unspecified atom stereocenters. The van der Waals surface area contributed by atoms with Gasteiger partial charge in [-0.05, 0) is 49.1 Å². The molecular weight excluding hydrogens is 362 g/mol. The second-order valence-electron chi connectivity index (χ2n) is 6.86. The van der Waals surface area contributed by atoms with E-state index < -0.39 is 0 Å². The first-order valence-electron chi connectivity index (χ1n) is 9.05. The van der Waals surface area contributed by atoms with E-state index in [4.69, 9.17) is 5.73 Å². The fourth-order valence-corrected chi connectivity index (χ4v) is 3.16. The number of nitrogens with one attached hydrogen (secondary N) is 1. The molecule has 2 amide bonds. The maximum Gasteiger partial charge on any atom is 0.231 e. The van der Waals surface area contributed by atoms with Crippen molar-refractivity contribution >= 4 is 35.6 Å². The molecule has 3 rings (SSSR count). The summed E-state index contributed by atoms with van der Waals surface area (Å²) in [5, 5.41) is 2.86. The molecule has 27 heavy (non-hydrogen) atoms. The molecular formula is C21H26ClN3O2. The zero-order chi connectivity index (χ0) is 18.5. The smallest absolute Gasteiger partial charge is 0.231 e. The summed E-state index contributed by atoms with van der Waals surface area (Å²) >= 11 is 0. The SMILES string of the molecule is CC(N)CCC(=O)Nc1ccc(CC(=O)N2CCc3ccccc32)cc1.Cl. The number of hydrogen-bond donors (Lipinski definition) is 2. The highest BCUT2D eigenvalue weighted by atomic mass is 35.5. The minimum absolute atomic E-state index is 0. The maximum absolute atomic E-state index is 12.6. The van der Waals surface area contributed by atoms with E-state index in [2.05, 4.69) is 11.4 Å². The lowest BCUT2D eigenvalue weighted by Crippen LogP contribution is -2.30. The summed E-state index contributed by atoms with van der Waals surface area (Å²) in [6, 6.07) is 15.5. The van der Waals surface area contributed by atoms with E-state index in [9.17, 15) is 9.59 Å². The molecule has 0 radical (unpaired) electrons. The highest BCUT2D eigenvalue weighted by Crippen LogP contribution is 2.28. The minimum Gasteiger partial charge on any atom is -0.328 e. The number of rotatable bonds is 6. The number of nitrogens with two attached hydrogens (primary N) is 1. The van der Waals surface area contributed by atoms with Gasteiger partial charge in [0.05, 0.1) is 6.42 Å². The Morgan fingerprint density at radius 3 is 2.56 bits per heavy atom. The van der Waals surface area contributed by atoms with Crippen LogP contribution < -0.4 is 16.0 Å². The lowest BCUT2D eigenvalue weighted by molar-refractivity contribution is -0.118. The number of anilines is 2. The summed E-state index contributed by atoms with van der Waals surface area (Å²) in [5.41, 5.74) is 9.59. The van der Waals surface area contributed by atoms with E-state index >= 15 is 0 Å². The molecule has 0 saturated carbocycles. The van der Waals surface area contributed by atoms with E-state index in [1.807, 2.05) is 54.3 Å². The Labute approximate surface area is 166 Å². The summed E-state index contributed by atoms with van der Waals surface area (Å²) in [5.74, 6) is 0.0588. The van der Waals surface area contributed by atoms with Gasteiger partial charge in [-0.1, -0.05) is 30.3 Å². The van der Waals surface area contributed by atoms with Gasteiger partial charge in [-0.2, -0.15) is 0 Å². The normalized spacial score (nSPS) is 13.5. The van der Waals surface area contributed by atoms with Crippen molar-refractivity contribution in [3.05, 3.63) is 59.7 Å². The van der Waals surface area contributed by atoms with E-state index in [1.165, 1.54) is 5.56 Å². The van der Waals surface area contributed by atoms with Crippen LogP contribution in [0, 0.1) is 0 Å². The van der Waals surface area contributed by atoms with Crippen molar-refractivity contribution in [2.24, 2.45) is 5.73 Å². The molecule has 1 atom stereocenters. The number of halogens is 1. The summed E-state index contributed by atoms with van der Waals surface area (Å²) in [6.07, 6.45) is 2.34. The number of amides is 2. The molecule has 6 heteroatoms. The maximum atomic E-state index is 12.6. The monoisotopic (exact) mass is 387 g/mol. The molecule has 0 aliphatic carbocycles. The van der Waals surface area contributed by atoms with Crippen molar-refractivity contribution in [3.8, 4) is 0 Å². The van der Waals surface area contributed by atoms with E-state index in [1.54, 1.807) is 0 Å². The van der Waals surface area contributed by atoms with Crippen molar-refractivity contribution in [2.45, 2.75) is 38.6 Å². The van der Waals surface area contributed by atoms with Crippen LogP contribution in [0.3, 0.4) is 0 Å². The Balaban J connectivity index is 0.00000261. The molecule has 2 aromatic carbocycles. The van der Waals surface area contributed by atoms with Crippen LogP contribution in [0.4, 0.5) is 11.4 Å². The molecule has 0 saturated heterocycles. The molecule has 5 nitrogen and oxygen atoms in total. The van der Waals surface area contributed by atoms with Crippen LogP contribution in [0.1, 0.15) is 30.9 Å². The van der Waals surface area contributed by atoms with Crippen LogP contribution in [0.5, 0.6) is 0 Å². The van der Waals surface area contributed by atoms with Gasteiger partial charge in [-0.25, -0.2) is 0 Å². The van der Waals surface area contributed by atoms with Crippen LogP contribution in [0.2, 0.25) is 0 Å². The van der Waals surface area contributed by atoms with Crippen LogP contribution in [0.15, 0.2) is 48.5 Å². The molecule has 2 aromatic rings. The Bertz CT molecular complexity index is 790. The summed E-state index contributed by atoms with van der Waals surface area (Å²) in [7, 11) is 0. The van der Waals surface area contributed by atoms with E-state index in [0.29, 0.717) is 19.3 Å². The van der Waals surface area contributed by atoms with Crippen molar-refractivity contribution in [3.63, 3.8) is 0 Å². The Kier molecular flexibility index (Phi) is 7.39. The molecule has 0 aromatic heterocycles. The quantitative estimate of drug-likeness (QED) is 0.798. The van der Waals surface area contributed by atoms with Gasteiger partial charge in [-0.15, -0.1) is 12.4 Å².